The summed E-state index contributed by atoms with van der Waals surface area (Å²) in [5, 5.41) is 0. The van der Waals surface area contributed by atoms with Gasteiger partial charge in [-0.25, -0.2) is 0 Å². The van der Waals surface area contributed by atoms with Crippen molar-refractivity contribution in [1.82, 2.24) is 4.57 Å². The zero-order chi connectivity index (χ0) is 14.7. The summed E-state index contributed by atoms with van der Waals surface area (Å²) in [6.07, 6.45) is 1.78. The molecular formula is C15H16BrNO3. The molecule has 0 spiro atoms. The molecule has 4 nitrogen and oxygen atoms in total. The van der Waals surface area contributed by atoms with Crippen LogP contribution in [0.2, 0.25) is 0 Å². The maximum Gasteiger partial charge on any atom is 0.253 e. The summed E-state index contributed by atoms with van der Waals surface area (Å²) in [7, 11) is 3.19. The van der Waals surface area contributed by atoms with Gasteiger partial charge in [0, 0.05) is 16.2 Å². The SMILES string of the molecule is COc1ccc(Cn2cc(Br)cc(C)c2=O)cc1OC. The quantitative estimate of drug-likeness (QED) is 0.861. The van der Waals surface area contributed by atoms with Crippen molar-refractivity contribution in [3.8, 4) is 11.5 Å². The predicted octanol–water partition coefficient (Wildman–Crippen LogP) is 2.98. The Morgan fingerprint density at radius 3 is 2.50 bits per heavy atom. The molecule has 1 aromatic carbocycles. The van der Waals surface area contributed by atoms with E-state index in [-0.39, 0.29) is 5.56 Å². The third-order valence-corrected chi connectivity index (χ3v) is 3.47. The van der Waals surface area contributed by atoms with Crippen LogP contribution in [0.3, 0.4) is 0 Å². The van der Waals surface area contributed by atoms with E-state index in [1.165, 1.54) is 0 Å². The normalized spacial score (nSPS) is 10.4. The van der Waals surface area contributed by atoms with Gasteiger partial charge >= 0.3 is 0 Å². The van der Waals surface area contributed by atoms with Crippen LogP contribution in [-0.2, 0) is 6.54 Å². The number of nitrogens with zero attached hydrogens (tertiary/aromatic N) is 1. The summed E-state index contributed by atoms with van der Waals surface area (Å²) in [6, 6.07) is 7.45. The number of benzene rings is 1. The fourth-order valence-corrected chi connectivity index (χ4v) is 2.62. The molecule has 0 atom stereocenters. The highest BCUT2D eigenvalue weighted by Gasteiger charge is 2.07. The minimum atomic E-state index is 0.00276. The zero-order valence-corrected chi connectivity index (χ0v) is 13.2. The largest absolute Gasteiger partial charge is 0.493 e. The molecule has 0 unspecified atom stereocenters. The van der Waals surface area contributed by atoms with Crippen LogP contribution in [0.4, 0.5) is 0 Å². The number of rotatable bonds is 4. The Bertz CT molecular complexity index is 679. The van der Waals surface area contributed by atoms with E-state index in [1.54, 1.807) is 31.9 Å². The molecule has 0 aliphatic carbocycles. The van der Waals surface area contributed by atoms with Gasteiger partial charge in [0.2, 0.25) is 0 Å². The first-order valence-electron chi connectivity index (χ1n) is 6.12. The van der Waals surface area contributed by atoms with Gasteiger partial charge in [-0.05, 0) is 46.6 Å². The highest BCUT2D eigenvalue weighted by Crippen LogP contribution is 2.27. The molecule has 1 heterocycles. The summed E-state index contributed by atoms with van der Waals surface area (Å²) in [5.74, 6) is 1.33. The number of aryl methyl sites for hydroxylation is 1. The number of hydrogen-bond donors (Lipinski definition) is 0. The standard InChI is InChI=1S/C15H16BrNO3/c1-10-6-12(16)9-17(15(10)18)8-11-4-5-13(19-2)14(7-11)20-3/h4-7,9H,8H2,1-3H3. The third kappa shape index (κ3) is 3.04. The van der Waals surface area contributed by atoms with E-state index in [2.05, 4.69) is 15.9 Å². The molecular weight excluding hydrogens is 322 g/mol. The predicted molar refractivity (Wildman–Crippen MR) is 81.8 cm³/mol. The van der Waals surface area contributed by atoms with Gasteiger partial charge in [-0.15, -0.1) is 0 Å². The summed E-state index contributed by atoms with van der Waals surface area (Å²) in [5.41, 5.74) is 1.69. The van der Waals surface area contributed by atoms with Crippen LogP contribution in [-0.4, -0.2) is 18.8 Å². The summed E-state index contributed by atoms with van der Waals surface area (Å²) < 4.78 is 13.0. The second-order valence-electron chi connectivity index (χ2n) is 4.46. The molecule has 20 heavy (non-hydrogen) atoms. The van der Waals surface area contributed by atoms with E-state index < -0.39 is 0 Å². The first-order chi connectivity index (χ1) is 9.55. The molecule has 0 radical (unpaired) electrons. The number of hydrogen-bond acceptors (Lipinski definition) is 3. The topological polar surface area (TPSA) is 40.5 Å². The van der Waals surface area contributed by atoms with Gasteiger partial charge in [0.1, 0.15) is 0 Å². The van der Waals surface area contributed by atoms with Crippen molar-refractivity contribution in [3.63, 3.8) is 0 Å². The third-order valence-electron chi connectivity index (χ3n) is 3.03. The lowest BCUT2D eigenvalue weighted by molar-refractivity contribution is 0.354. The fraction of sp³-hybridized carbons (Fsp3) is 0.267. The first-order valence-corrected chi connectivity index (χ1v) is 6.92. The molecule has 5 heteroatoms. The molecule has 0 N–H and O–H groups in total. The fourth-order valence-electron chi connectivity index (χ4n) is 2.03. The number of halogens is 1. The van der Waals surface area contributed by atoms with E-state index in [0.717, 1.165) is 10.0 Å². The van der Waals surface area contributed by atoms with Crippen LogP contribution in [0, 0.1) is 6.92 Å². The Kier molecular flexibility index (Phi) is 4.49. The van der Waals surface area contributed by atoms with Crippen molar-refractivity contribution in [1.29, 1.82) is 0 Å². The van der Waals surface area contributed by atoms with Crippen molar-refractivity contribution in [2.75, 3.05) is 14.2 Å². The Balaban J connectivity index is 2.38. The lowest BCUT2D eigenvalue weighted by Crippen LogP contribution is -2.22. The lowest BCUT2D eigenvalue weighted by atomic mass is 10.2. The Hall–Kier alpha value is -1.75. The van der Waals surface area contributed by atoms with Gasteiger partial charge in [0.05, 0.1) is 20.8 Å². The van der Waals surface area contributed by atoms with Crippen molar-refractivity contribution < 1.29 is 9.47 Å². The van der Waals surface area contributed by atoms with Crippen LogP contribution in [0.5, 0.6) is 11.5 Å². The molecule has 0 saturated heterocycles. The molecule has 0 bridgehead atoms. The van der Waals surface area contributed by atoms with Crippen molar-refractivity contribution in [2.45, 2.75) is 13.5 Å². The summed E-state index contributed by atoms with van der Waals surface area (Å²) in [6.45, 7) is 2.29. The molecule has 0 fully saturated rings. The number of methoxy groups -OCH3 is 2. The molecule has 106 valence electrons. The van der Waals surface area contributed by atoms with E-state index in [0.29, 0.717) is 23.6 Å². The monoisotopic (exact) mass is 337 g/mol. The summed E-state index contributed by atoms with van der Waals surface area (Å²) >= 11 is 3.41. The maximum absolute atomic E-state index is 12.1. The molecule has 1 aromatic heterocycles. The average Bonchev–Trinajstić information content (AvgIpc) is 2.44. The Morgan fingerprint density at radius 1 is 1.15 bits per heavy atom. The smallest absolute Gasteiger partial charge is 0.253 e. The summed E-state index contributed by atoms with van der Waals surface area (Å²) in [4.78, 5) is 12.1. The zero-order valence-electron chi connectivity index (χ0n) is 11.6. The molecule has 2 aromatic rings. The molecule has 0 aliphatic heterocycles. The van der Waals surface area contributed by atoms with Crippen molar-refractivity contribution in [2.24, 2.45) is 0 Å². The molecule has 0 amide bonds. The first kappa shape index (κ1) is 14.7. The van der Waals surface area contributed by atoms with Crippen LogP contribution in [0.1, 0.15) is 11.1 Å². The second-order valence-corrected chi connectivity index (χ2v) is 5.38. The van der Waals surface area contributed by atoms with Gasteiger partial charge in [0.25, 0.3) is 5.56 Å². The van der Waals surface area contributed by atoms with Crippen LogP contribution < -0.4 is 15.0 Å². The van der Waals surface area contributed by atoms with Gasteiger partial charge in [-0.3, -0.25) is 4.79 Å². The molecule has 0 saturated carbocycles. The van der Waals surface area contributed by atoms with E-state index in [4.69, 9.17) is 9.47 Å². The number of ether oxygens (including phenoxy) is 2. The molecule has 0 aliphatic rings. The highest BCUT2D eigenvalue weighted by atomic mass is 79.9. The van der Waals surface area contributed by atoms with Crippen LogP contribution in [0.15, 0.2) is 39.7 Å². The number of pyridine rings is 1. The van der Waals surface area contributed by atoms with Gasteiger partial charge in [-0.1, -0.05) is 6.07 Å². The Morgan fingerprint density at radius 2 is 1.85 bits per heavy atom. The van der Waals surface area contributed by atoms with Crippen molar-refractivity contribution in [3.05, 3.63) is 56.4 Å². The van der Waals surface area contributed by atoms with Gasteiger partial charge in [0.15, 0.2) is 11.5 Å². The minimum Gasteiger partial charge on any atom is -0.493 e. The van der Waals surface area contributed by atoms with Gasteiger partial charge in [-0.2, -0.15) is 0 Å². The van der Waals surface area contributed by atoms with E-state index in [1.807, 2.05) is 24.3 Å². The second kappa shape index (κ2) is 6.13. The highest BCUT2D eigenvalue weighted by molar-refractivity contribution is 9.10. The average molecular weight is 338 g/mol. The van der Waals surface area contributed by atoms with Crippen LogP contribution >= 0.6 is 15.9 Å². The minimum absolute atomic E-state index is 0.00276. The lowest BCUT2D eigenvalue weighted by Gasteiger charge is -2.11. The maximum atomic E-state index is 12.1. The van der Waals surface area contributed by atoms with E-state index >= 15 is 0 Å². The molecule has 2 rings (SSSR count). The van der Waals surface area contributed by atoms with Crippen LogP contribution in [0.25, 0.3) is 0 Å². The van der Waals surface area contributed by atoms with Crippen molar-refractivity contribution >= 4 is 15.9 Å². The number of aromatic nitrogens is 1. The van der Waals surface area contributed by atoms with Gasteiger partial charge < -0.3 is 14.0 Å². The Labute approximate surface area is 126 Å². The van der Waals surface area contributed by atoms with E-state index in [9.17, 15) is 4.79 Å².